The number of rotatable bonds is 6. The van der Waals surface area contributed by atoms with Gasteiger partial charge in [0, 0.05) is 28.7 Å². The van der Waals surface area contributed by atoms with Gasteiger partial charge in [0.2, 0.25) is 5.89 Å². The molecule has 7 aromatic carbocycles. The van der Waals surface area contributed by atoms with E-state index >= 15 is 0 Å². The van der Waals surface area contributed by atoms with Gasteiger partial charge in [-0.05, 0) is 92.9 Å². The first-order valence-electron chi connectivity index (χ1n) is 17.6. The molecule has 0 amide bonds. The SMILES string of the molecule is CC(C)(C)c1ccc(N(c2ccc3c(c2)C(c2ccccc2)(c2ccccc2)c2ccccc2-3)c2ccc3nc(-c4ccccc4)oc3c2)cc1. The van der Waals surface area contributed by atoms with Gasteiger partial charge in [-0.25, -0.2) is 4.98 Å². The van der Waals surface area contributed by atoms with Crippen LogP contribution in [0.5, 0.6) is 0 Å². The molecule has 8 aromatic rings. The maximum absolute atomic E-state index is 6.41. The normalized spacial score (nSPS) is 13.2. The van der Waals surface area contributed by atoms with Gasteiger partial charge in [-0.3, -0.25) is 0 Å². The van der Waals surface area contributed by atoms with Gasteiger partial charge < -0.3 is 9.32 Å². The molecule has 0 saturated heterocycles. The minimum atomic E-state index is -0.494. The molecule has 51 heavy (non-hydrogen) atoms. The van der Waals surface area contributed by atoms with E-state index in [4.69, 9.17) is 9.40 Å². The molecule has 0 saturated carbocycles. The first-order chi connectivity index (χ1) is 24.9. The lowest BCUT2D eigenvalue weighted by molar-refractivity contribution is 0.590. The summed E-state index contributed by atoms with van der Waals surface area (Å²) in [6, 6.07) is 63.2. The average molecular weight is 659 g/mol. The largest absolute Gasteiger partial charge is 0.436 e. The fourth-order valence-corrected chi connectivity index (χ4v) is 7.89. The Bertz CT molecular complexity index is 2450. The summed E-state index contributed by atoms with van der Waals surface area (Å²) in [4.78, 5) is 7.19. The first kappa shape index (κ1) is 30.8. The third kappa shape index (κ3) is 5.08. The Balaban J connectivity index is 1.28. The summed E-state index contributed by atoms with van der Waals surface area (Å²) in [5, 5.41) is 0. The van der Waals surface area contributed by atoms with Crippen LogP contribution in [0.4, 0.5) is 17.1 Å². The van der Waals surface area contributed by atoms with Crippen LogP contribution in [0.1, 0.15) is 48.6 Å². The van der Waals surface area contributed by atoms with Crippen LogP contribution in [-0.4, -0.2) is 4.98 Å². The van der Waals surface area contributed by atoms with Crippen LogP contribution >= 0.6 is 0 Å². The molecule has 1 aliphatic carbocycles. The average Bonchev–Trinajstić information content (AvgIpc) is 3.73. The Morgan fingerprint density at radius 3 is 1.73 bits per heavy atom. The highest BCUT2D eigenvalue weighted by atomic mass is 16.3. The van der Waals surface area contributed by atoms with E-state index in [9.17, 15) is 0 Å². The molecule has 3 heteroatoms. The Labute approximate surface area is 299 Å². The summed E-state index contributed by atoms with van der Waals surface area (Å²) in [6.07, 6.45) is 0. The zero-order valence-electron chi connectivity index (χ0n) is 29.0. The van der Waals surface area contributed by atoms with Gasteiger partial charge in [0.25, 0.3) is 0 Å². The Morgan fingerprint density at radius 2 is 1.06 bits per heavy atom. The third-order valence-corrected chi connectivity index (χ3v) is 10.3. The van der Waals surface area contributed by atoms with Crippen LogP contribution in [0, 0.1) is 0 Å². The van der Waals surface area contributed by atoms with Gasteiger partial charge in [-0.2, -0.15) is 0 Å². The molecular weight excluding hydrogens is 621 g/mol. The van der Waals surface area contributed by atoms with Crippen molar-refractivity contribution < 1.29 is 4.42 Å². The molecule has 1 heterocycles. The maximum atomic E-state index is 6.41. The molecule has 0 fully saturated rings. The Hall–Kier alpha value is -6.19. The van der Waals surface area contributed by atoms with Crippen molar-refractivity contribution in [3.8, 4) is 22.6 Å². The second-order valence-electron chi connectivity index (χ2n) is 14.4. The van der Waals surface area contributed by atoms with E-state index < -0.39 is 5.41 Å². The Morgan fingerprint density at radius 1 is 0.510 bits per heavy atom. The van der Waals surface area contributed by atoms with Crippen molar-refractivity contribution in [2.45, 2.75) is 31.6 Å². The summed E-state index contributed by atoms with van der Waals surface area (Å²) in [5.41, 5.74) is 14.1. The number of nitrogens with zero attached hydrogens (tertiary/aromatic N) is 2. The summed E-state index contributed by atoms with van der Waals surface area (Å²) < 4.78 is 6.41. The van der Waals surface area contributed by atoms with Gasteiger partial charge in [0.05, 0.1) is 5.41 Å². The summed E-state index contributed by atoms with van der Waals surface area (Å²) >= 11 is 0. The minimum absolute atomic E-state index is 0.0419. The number of oxazole rings is 1. The second kappa shape index (κ2) is 12.0. The van der Waals surface area contributed by atoms with Gasteiger partial charge >= 0.3 is 0 Å². The van der Waals surface area contributed by atoms with Crippen molar-refractivity contribution >= 4 is 28.2 Å². The van der Waals surface area contributed by atoms with Crippen molar-refractivity contribution in [3.05, 3.63) is 204 Å². The molecule has 246 valence electrons. The second-order valence-corrected chi connectivity index (χ2v) is 14.4. The standard InChI is InChI=1S/C48H38N2O/c1-47(2,3)34-23-25-37(26-24-34)50(39-28-30-44-45(32-39)51-46(49-44)33-15-7-4-8-16-33)38-27-29-41-40-21-13-14-22-42(40)48(43(41)31-38,35-17-9-5-10-18-35)36-19-11-6-12-20-36/h4-32H,1-3H3. The van der Waals surface area contributed by atoms with Crippen molar-refractivity contribution in [2.75, 3.05) is 4.90 Å². The number of hydrogen-bond acceptors (Lipinski definition) is 3. The topological polar surface area (TPSA) is 29.3 Å². The summed E-state index contributed by atoms with van der Waals surface area (Å²) in [6.45, 7) is 6.77. The lowest BCUT2D eigenvalue weighted by atomic mass is 9.67. The molecule has 1 aliphatic rings. The van der Waals surface area contributed by atoms with Crippen LogP contribution in [0.3, 0.4) is 0 Å². The van der Waals surface area contributed by atoms with E-state index in [1.165, 1.54) is 38.9 Å². The van der Waals surface area contributed by atoms with Crippen LogP contribution in [0.15, 0.2) is 180 Å². The van der Waals surface area contributed by atoms with Crippen molar-refractivity contribution in [3.63, 3.8) is 0 Å². The number of hydrogen-bond donors (Lipinski definition) is 0. The number of fused-ring (bicyclic) bond motifs is 4. The maximum Gasteiger partial charge on any atom is 0.227 e. The van der Waals surface area contributed by atoms with Crippen molar-refractivity contribution in [1.82, 2.24) is 4.98 Å². The Kier molecular flexibility index (Phi) is 7.25. The molecule has 0 aliphatic heterocycles. The highest BCUT2D eigenvalue weighted by Gasteiger charge is 2.46. The van der Waals surface area contributed by atoms with Gasteiger partial charge in [0.1, 0.15) is 5.52 Å². The van der Waals surface area contributed by atoms with Crippen LogP contribution in [0.2, 0.25) is 0 Å². The third-order valence-electron chi connectivity index (χ3n) is 10.3. The zero-order chi connectivity index (χ0) is 34.6. The lowest BCUT2D eigenvalue weighted by Crippen LogP contribution is -2.28. The minimum Gasteiger partial charge on any atom is -0.436 e. The van der Waals surface area contributed by atoms with Gasteiger partial charge in [-0.15, -0.1) is 0 Å². The van der Waals surface area contributed by atoms with E-state index in [1.54, 1.807) is 0 Å². The monoisotopic (exact) mass is 658 g/mol. The van der Waals surface area contributed by atoms with Gasteiger partial charge in [0.15, 0.2) is 5.58 Å². The number of aromatic nitrogens is 1. The molecule has 9 rings (SSSR count). The molecule has 0 N–H and O–H groups in total. The van der Waals surface area contributed by atoms with E-state index in [0.717, 1.165) is 33.7 Å². The van der Waals surface area contributed by atoms with E-state index in [1.807, 2.05) is 30.3 Å². The molecule has 0 bridgehead atoms. The van der Waals surface area contributed by atoms with E-state index in [-0.39, 0.29) is 5.41 Å². The highest BCUT2D eigenvalue weighted by molar-refractivity contribution is 5.91. The molecule has 0 unspecified atom stereocenters. The molecule has 1 aromatic heterocycles. The lowest BCUT2D eigenvalue weighted by Gasteiger charge is -2.35. The first-order valence-corrected chi connectivity index (χ1v) is 17.6. The highest BCUT2D eigenvalue weighted by Crippen LogP contribution is 2.57. The van der Waals surface area contributed by atoms with Crippen molar-refractivity contribution in [1.29, 1.82) is 0 Å². The molecular formula is C48H38N2O. The van der Waals surface area contributed by atoms with Crippen LogP contribution < -0.4 is 4.90 Å². The summed E-state index contributed by atoms with van der Waals surface area (Å²) in [5.74, 6) is 0.620. The van der Waals surface area contributed by atoms with Crippen LogP contribution in [-0.2, 0) is 10.8 Å². The van der Waals surface area contributed by atoms with Gasteiger partial charge in [-0.1, -0.05) is 142 Å². The smallest absolute Gasteiger partial charge is 0.227 e. The fourth-order valence-electron chi connectivity index (χ4n) is 7.89. The van der Waals surface area contributed by atoms with E-state index in [2.05, 4.69) is 171 Å². The molecule has 0 radical (unpaired) electrons. The quantitative estimate of drug-likeness (QED) is 0.178. The van der Waals surface area contributed by atoms with E-state index in [0.29, 0.717) is 5.89 Å². The summed E-state index contributed by atoms with van der Waals surface area (Å²) in [7, 11) is 0. The van der Waals surface area contributed by atoms with Crippen molar-refractivity contribution in [2.24, 2.45) is 0 Å². The number of anilines is 3. The fraction of sp³-hybridized carbons (Fsp3) is 0.104. The van der Waals surface area contributed by atoms with Crippen LogP contribution in [0.25, 0.3) is 33.7 Å². The predicted molar refractivity (Wildman–Crippen MR) is 210 cm³/mol. The predicted octanol–water partition coefficient (Wildman–Crippen LogP) is 12.6. The number of benzene rings is 7. The molecule has 0 atom stereocenters. The zero-order valence-corrected chi connectivity index (χ0v) is 29.0. The molecule has 0 spiro atoms. The molecule has 3 nitrogen and oxygen atoms in total.